The van der Waals surface area contributed by atoms with E-state index in [4.69, 9.17) is 6.57 Å². The minimum atomic E-state index is -3.10. The molecule has 4 heteroatoms. The van der Waals surface area contributed by atoms with Crippen molar-refractivity contribution >= 4 is 9.84 Å². The largest absolute Gasteiger partial charge is 0.312 e. The van der Waals surface area contributed by atoms with E-state index < -0.39 is 15.1 Å². The van der Waals surface area contributed by atoms with Crippen LogP contribution in [0.4, 0.5) is 0 Å². The van der Waals surface area contributed by atoms with E-state index >= 15 is 0 Å². The predicted molar refractivity (Wildman–Crippen MR) is 35.5 cm³/mol. The maximum Gasteiger partial charge on any atom is 0.312 e. The fourth-order valence-electron chi connectivity index (χ4n) is 0.239. The summed E-state index contributed by atoms with van der Waals surface area (Å²) in [6, 6.07) is 0. The van der Waals surface area contributed by atoms with Crippen LogP contribution in [0.1, 0.15) is 13.8 Å². The van der Waals surface area contributed by atoms with Gasteiger partial charge in [-0.05, 0) is 13.8 Å². The monoisotopic (exact) mass is 147 g/mol. The lowest BCUT2D eigenvalue weighted by Gasteiger charge is -1.97. The normalized spacial score (nSPS) is 11.3. The van der Waals surface area contributed by atoms with E-state index in [9.17, 15) is 8.42 Å². The Morgan fingerprint density at radius 3 is 2.11 bits per heavy atom. The Bertz CT molecular complexity index is 210. The summed E-state index contributed by atoms with van der Waals surface area (Å²) in [7, 11) is -3.10. The summed E-state index contributed by atoms with van der Waals surface area (Å²) in [5.41, 5.74) is 0. The Kier molecular flexibility index (Phi) is 2.65. The molecule has 0 saturated carbocycles. The third-order valence-electron chi connectivity index (χ3n) is 0.963. The van der Waals surface area contributed by atoms with E-state index in [1.54, 1.807) is 13.8 Å². The molecule has 9 heavy (non-hydrogen) atoms. The molecule has 0 amide bonds. The predicted octanol–water partition coefficient (Wildman–Crippen LogP) is 0.686. The van der Waals surface area contributed by atoms with Crippen molar-refractivity contribution in [3.63, 3.8) is 0 Å². The summed E-state index contributed by atoms with van der Waals surface area (Å²) >= 11 is 0. The molecule has 0 aromatic rings. The molecule has 52 valence electrons. The summed E-state index contributed by atoms with van der Waals surface area (Å²) in [6.07, 6.45) is 0. The molecular formula is C5H9NO2S. The number of sulfone groups is 1. The van der Waals surface area contributed by atoms with Gasteiger partial charge >= 0.3 is 5.88 Å². The lowest BCUT2D eigenvalue weighted by Crippen LogP contribution is -2.15. The Labute approximate surface area is 55.4 Å². The van der Waals surface area contributed by atoms with Crippen LogP contribution in [0.2, 0.25) is 0 Å². The third kappa shape index (κ3) is 2.47. The summed E-state index contributed by atoms with van der Waals surface area (Å²) in [5.74, 6) is -0.384. The molecular weight excluding hydrogens is 138 g/mol. The zero-order valence-electron chi connectivity index (χ0n) is 5.46. The molecule has 0 radical (unpaired) electrons. The van der Waals surface area contributed by atoms with Gasteiger partial charge in [0.15, 0.2) is 0 Å². The van der Waals surface area contributed by atoms with Crippen LogP contribution in [-0.4, -0.2) is 19.5 Å². The van der Waals surface area contributed by atoms with Crippen LogP contribution in [0.25, 0.3) is 4.85 Å². The average molecular weight is 147 g/mol. The first-order chi connectivity index (χ1) is 4.00. The first-order valence-electron chi connectivity index (χ1n) is 2.55. The second-order valence-corrected chi connectivity index (χ2v) is 4.53. The molecule has 0 aromatic carbocycles. The van der Waals surface area contributed by atoms with Gasteiger partial charge in [0.05, 0.1) is 5.25 Å². The molecule has 0 bridgehead atoms. The van der Waals surface area contributed by atoms with Gasteiger partial charge in [0.25, 0.3) is 0 Å². The fourth-order valence-corrected chi connectivity index (χ4v) is 0.717. The smallest absolute Gasteiger partial charge is 0.300 e. The van der Waals surface area contributed by atoms with Gasteiger partial charge in [-0.2, -0.15) is 0 Å². The van der Waals surface area contributed by atoms with Crippen molar-refractivity contribution in [2.24, 2.45) is 0 Å². The second kappa shape index (κ2) is 2.83. The van der Waals surface area contributed by atoms with E-state index in [0.717, 1.165) is 0 Å². The number of nitrogens with zero attached hydrogens (tertiary/aromatic N) is 1. The quantitative estimate of drug-likeness (QED) is 0.539. The van der Waals surface area contributed by atoms with Crippen molar-refractivity contribution in [1.82, 2.24) is 0 Å². The molecule has 0 saturated heterocycles. The molecule has 0 atom stereocenters. The third-order valence-corrected chi connectivity index (χ3v) is 2.89. The van der Waals surface area contributed by atoms with Crippen LogP contribution in [0, 0.1) is 6.57 Å². The first-order valence-corrected chi connectivity index (χ1v) is 4.27. The Balaban J connectivity index is 4.28. The van der Waals surface area contributed by atoms with Crippen molar-refractivity contribution in [1.29, 1.82) is 0 Å². The van der Waals surface area contributed by atoms with Crippen LogP contribution in [0.15, 0.2) is 0 Å². The number of rotatable bonds is 2. The molecule has 0 aromatic heterocycles. The highest BCUT2D eigenvalue weighted by Crippen LogP contribution is 1.99. The van der Waals surface area contributed by atoms with Gasteiger partial charge in [-0.3, -0.25) is 4.85 Å². The zero-order valence-corrected chi connectivity index (χ0v) is 6.27. The molecule has 3 nitrogen and oxygen atoms in total. The molecule has 0 rings (SSSR count). The molecule has 0 fully saturated rings. The topological polar surface area (TPSA) is 38.5 Å². The van der Waals surface area contributed by atoms with Crippen LogP contribution in [0.3, 0.4) is 0 Å². The van der Waals surface area contributed by atoms with Crippen molar-refractivity contribution < 1.29 is 8.42 Å². The number of hydrogen-bond acceptors (Lipinski definition) is 2. The van der Waals surface area contributed by atoms with Crippen molar-refractivity contribution in [3.8, 4) is 0 Å². The molecule has 0 heterocycles. The second-order valence-electron chi connectivity index (χ2n) is 2.00. The molecule has 0 spiro atoms. The van der Waals surface area contributed by atoms with E-state index in [1.807, 2.05) is 0 Å². The highest BCUT2D eigenvalue weighted by Gasteiger charge is 2.17. The van der Waals surface area contributed by atoms with Crippen molar-refractivity contribution in [2.75, 3.05) is 5.88 Å². The van der Waals surface area contributed by atoms with E-state index in [2.05, 4.69) is 4.85 Å². The van der Waals surface area contributed by atoms with Gasteiger partial charge in [0.2, 0.25) is 9.84 Å². The first kappa shape index (κ1) is 8.44. The van der Waals surface area contributed by atoms with Crippen LogP contribution in [-0.2, 0) is 9.84 Å². The van der Waals surface area contributed by atoms with Crippen LogP contribution < -0.4 is 0 Å². The maximum absolute atomic E-state index is 10.7. The summed E-state index contributed by atoms with van der Waals surface area (Å²) in [6.45, 7) is 9.44. The Morgan fingerprint density at radius 1 is 1.56 bits per heavy atom. The summed E-state index contributed by atoms with van der Waals surface area (Å²) in [5, 5.41) is -0.424. The van der Waals surface area contributed by atoms with Crippen molar-refractivity contribution in [2.45, 2.75) is 19.1 Å². The van der Waals surface area contributed by atoms with Gasteiger partial charge < -0.3 is 0 Å². The lowest BCUT2D eigenvalue weighted by molar-refractivity contribution is 0.590. The van der Waals surface area contributed by atoms with Crippen molar-refractivity contribution in [3.05, 3.63) is 11.4 Å². The van der Waals surface area contributed by atoms with E-state index in [-0.39, 0.29) is 5.88 Å². The van der Waals surface area contributed by atoms with Gasteiger partial charge in [-0.1, -0.05) is 0 Å². The van der Waals surface area contributed by atoms with Crippen LogP contribution in [0.5, 0.6) is 0 Å². The van der Waals surface area contributed by atoms with E-state index in [1.165, 1.54) is 0 Å². The van der Waals surface area contributed by atoms with Gasteiger partial charge in [-0.15, -0.1) is 0 Å². The maximum atomic E-state index is 10.7. The molecule has 0 aliphatic rings. The number of hydrogen-bond donors (Lipinski definition) is 0. The molecule has 0 unspecified atom stereocenters. The molecule has 0 aliphatic carbocycles. The minimum Gasteiger partial charge on any atom is -0.300 e. The summed E-state index contributed by atoms with van der Waals surface area (Å²) < 4.78 is 21.4. The standard InChI is InChI=1S/C5H9NO2S/c1-5(2)9(7,8)4-6-3/h5H,4H2,1-2H3. The van der Waals surface area contributed by atoms with Gasteiger partial charge in [0.1, 0.15) is 0 Å². The SMILES string of the molecule is [C-]#[N+]CS(=O)(=O)C(C)C. The molecule has 0 N–H and O–H groups in total. The summed E-state index contributed by atoms with van der Waals surface area (Å²) in [4.78, 5) is 2.79. The van der Waals surface area contributed by atoms with Gasteiger partial charge in [-0.25, -0.2) is 15.0 Å². The van der Waals surface area contributed by atoms with E-state index in [0.29, 0.717) is 0 Å². The Hall–Kier alpha value is -0.560. The van der Waals surface area contributed by atoms with Crippen LogP contribution >= 0.6 is 0 Å². The lowest BCUT2D eigenvalue weighted by atomic mass is 10.6. The zero-order chi connectivity index (χ0) is 7.49. The fraction of sp³-hybridized carbons (Fsp3) is 0.800. The highest BCUT2D eigenvalue weighted by molar-refractivity contribution is 7.92. The van der Waals surface area contributed by atoms with Gasteiger partial charge in [0, 0.05) is 0 Å². The highest BCUT2D eigenvalue weighted by atomic mass is 32.2. The molecule has 0 aliphatic heterocycles. The average Bonchev–Trinajstić information content (AvgIpc) is 1.65. The minimum absolute atomic E-state index is 0.384. The Morgan fingerprint density at radius 2 is 2.00 bits per heavy atom.